The molecule has 0 saturated carbocycles. The van der Waals surface area contributed by atoms with E-state index in [1.54, 1.807) is 5.32 Å². The molecule has 0 aliphatic heterocycles. The fraction of sp³-hybridized carbons (Fsp3) is 0.300. The van der Waals surface area contributed by atoms with Crippen LogP contribution in [0.5, 0.6) is 0 Å². The predicted molar refractivity (Wildman–Crippen MR) is 56.7 cm³/mol. The van der Waals surface area contributed by atoms with Gasteiger partial charge in [0.2, 0.25) is 5.24 Å². The van der Waals surface area contributed by atoms with E-state index in [-0.39, 0.29) is 5.56 Å². The van der Waals surface area contributed by atoms with Crippen LogP contribution in [-0.2, 0) is 9.59 Å². The Morgan fingerprint density at radius 2 is 2.11 bits per heavy atom. The Morgan fingerprint density at radius 3 is 2.56 bits per heavy atom. The topological polar surface area (TPSA) is 59.1 Å². The molecule has 0 aliphatic carbocycles. The third-order valence-electron chi connectivity index (χ3n) is 2.01. The van der Waals surface area contributed by atoms with Gasteiger partial charge < -0.3 is 5.32 Å². The smallest absolute Gasteiger partial charge is 0.341 e. The van der Waals surface area contributed by atoms with E-state index >= 15 is 0 Å². The van der Waals surface area contributed by atoms with Crippen molar-refractivity contribution in [3.05, 3.63) is 30.1 Å². The minimum Gasteiger partial charge on any atom is -0.341 e. The number of pyridine rings is 1. The summed E-state index contributed by atoms with van der Waals surface area (Å²) in [5.41, 5.74) is 0.268. The third-order valence-corrected chi connectivity index (χ3v) is 2.17. The Labute approximate surface area is 105 Å². The lowest BCUT2D eigenvalue weighted by atomic mass is 10.1. The summed E-state index contributed by atoms with van der Waals surface area (Å²) in [7, 11) is 0. The molecule has 1 aromatic rings. The van der Waals surface area contributed by atoms with Gasteiger partial charge in [-0.3, -0.25) is 14.6 Å². The lowest BCUT2D eigenvalue weighted by Gasteiger charge is -2.18. The van der Waals surface area contributed by atoms with Crippen LogP contribution in [0.25, 0.3) is 0 Å². The normalized spacial score (nSPS) is 12.9. The second-order valence-electron chi connectivity index (χ2n) is 3.37. The van der Waals surface area contributed by atoms with Crippen molar-refractivity contribution in [2.24, 2.45) is 0 Å². The standard InChI is InChI=1S/C10H8ClF3N2O2/c11-8(17)4-7(6-2-1-3-15-5-6)16-9(18)10(12,13)14/h1-3,5,7H,4H2,(H,16,18). The summed E-state index contributed by atoms with van der Waals surface area (Å²) in [6.07, 6.45) is -2.80. The van der Waals surface area contributed by atoms with Gasteiger partial charge in [-0.15, -0.1) is 0 Å². The van der Waals surface area contributed by atoms with E-state index in [2.05, 4.69) is 4.98 Å². The molecule has 0 bridgehead atoms. The molecular weight excluding hydrogens is 273 g/mol. The number of hydrogen-bond donors (Lipinski definition) is 1. The number of carbonyl (C=O) groups is 2. The monoisotopic (exact) mass is 280 g/mol. The number of aromatic nitrogens is 1. The number of halogens is 4. The lowest BCUT2D eigenvalue weighted by Crippen LogP contribution is -2.39. The summed E-state index contributed by atoms with van der Waals surface area (Å²) >= 11 is 5.13. The van der Waals surface area contributed by atoms with Crippen molar-refractivity contribution in [3.63, 3.8) is 0 Å². The molecule has 98 valence electrons. The van der Waals surface area contributed by atoms with Crippen molar-refractivity contribution >= 4 is 22.8 Å². The molecule has 1 N–H and O–H groups in total. The Bertz CT molecular complexity index is 436. The molecule has 1 amide bonds. The molecule has 1 aromatic heterocycles. The quantitative estimate of drug-likeness (QED) is 0.858. The van der Waals surface area contributed by atoms with Crippen LogP contribution in [-0.4, -0.2) is 22.3 Å². The van der Waals surface area contributed by atoms with Gasteiger partial charge in [-0.2, -0.15) is 13.2 Å². The van der Waals surface area contributed by atoms with Gasteiger partial charge in [0, 0.05) is 18.8 Å². The molecule has 0 aromatic carbocycles. The first-order valence-electron chi connectivity index (χ1n) is 4.76. The Hall–Kier alpha value is -1.63. The second kappa shape index (κ2) is 5.81. The highest BCUT2D eigenvalue weighted by molar-refractivity contribution is 6.63. The largest absolute Gasteiger partial charge is 0.471 e. The zero-order valence-electron chi connectivity index (χ0n) is 8.87. The predicted octanol–water partition coefficient (Wildman–Crippen LogP) is 1.96. The summed E-state index contributed by atoms with van der Waals surface area (Å²) in [6, 6.07) is 1.76. The zero-order chi connectivity index (χ0) is 13.8. The number of rotatable bonds is 4. The van der Waals surface area contributed by atoms with Crippen LogP contribution in [0.4, 0.5) is 13.2 Å². The molecule has 1 heterocycles. The lowest BCUT2D eigenvalue weighted by molar-refractivity contribution is -0.174. The fourth-order valence-corrected chi connectivity index (χ4v) is 1.39. The molecule has 1 atom stereocenters. The van der Waals surface area contributed by atoms with Crippen molar-refractivity contribution in [1.29, 1.82) is 0 Å². The van der Waals surface area contributed by atoms with Crippen molar-refractivity contribution in [2.45, 2.75) is 18.6 Å². The van der Waals surface area contributed by atoms with E-state index < -0.39 is 29.8 Å². The van der Waals surface area contributed by atoms with Crippen LogP contribution in [0.2, 0.25) is 0 Å². The van der Waals surface area contributed by atoms with Crippen LogP contribution >= 0.6 is 11.6 Å². The average molecular weight is 281 g/mol. The Balaban J connectivity index is 2.87. The van der Waals surface area contributed by atoms with Crippen LogP contribution in [0.15, 0.2) is 24.5 Å². The summed E-state index contributed by atoms with van der Waals surface area (Å²) in [4.78, 5) is 25.3. The van der Waals surface area contributed by atoms with E-state index in [9.17, 15) is 22.8 Å². The minimum absolute atomic E-state index is 0.268. The molecule has 4 nitrogen and oxygen atoms in total. The highest BCUT2D eigenvalue weighted by Gasteiger charge is 2.40. The van der Waals surface area contributed by atoms with Gasteiger partial charge in [0.1, 0.15) is 0 Å². The number of nitrogens with one attached hydrogen (secondary N) is 1. The molecule has 0 aliphatic rings. The first-order chi connectivity index (χ1) is 8.30. The Kier molecular flexibility index (Phi) is 4.66. The van der Waals surface area contributed by atoms with Crippen molar-refractivity contribution in [3.8, 4) is 0 Å². The SMILES string of the molecule is O=C(Cl)CC(NC(=O)C(F)(F)F)c1cccnc1. The molecule has 0 fully saturated rings. The number of alkyl halides is 3. The maximum atomic E-state index is 12.1. The molecule has 0 spiro atoms. The average Bonchev–Trinajstić information content (AvgIpc) is 2.27. The van der Waals surface area contributed by atoms with Gasteiger partial charge in [-0.1, -0.05) is 6.07 Å². The van der Waals surface area contributed by atoms with Crippen molar-refractivity contribution in [1.82, 2.24) is 10.3 Å². The molecule has 8 heteroatoms. The van der Waals surface area contributed by atoms with Gasteiger partial charge in [0.15, 0.2) is 0 Å². The molecular formula is C10H8ClF3N2O2. The van der Waals surface area contributed by atoms with Gasteiger partial charge in [0.25, 0.3) is 0 Å². The van der Waals surface area contributed by atoms with E-state index in [0.29, 0.717) is 0 Å². The molecule has 18 heavy (non-hydrogen) atoms. The van der Waals surface area contributed by atoms with E-state index in [1.165, 1.54) is 24.5 Å². The summed E-state index contributed by atoms with van der Waals surface area (Å²) in [6.45, 7) is 0. The van der Waals surface area contributed by atoms with Crippen LogP contribution in [0.1, 0.15) is 18.0 Å². The number of carbonyl (C=O) groups excluding carboxylic acids is 2. The van der Waals surface area contributed by atoms with E-state index in [1.807, 2.05) is 0 Å². The highest BCUT2D eigenvalue weighted by Crippen LogP contribution is 2.21. The highest BCUT2D eigenvalue weighted by atomic mass is 35.5. The molecule has 1 rings (SSSR count). The molecule has 0 saturated heterocycles. The zero-order valence-corrected chi connectivity index (χ0v) is 9.63. The van der Waals surface area contributed by atoms with Crippen molar-refractivity contribution in [2.75, 3.05) is 0 Å². The maximum absolute atomic E-state index is 12.1. The van der Waals surface area contributed by atoms with Gasteiger partial charge in [-0.25, -0.2) is 0 Å². The number of amides is 1. The Morgan fingerprint density at radius 1 is 1.44 bits per heavy atom. The molecule has 1 unspecified atom stereocenters. The van der Waals surface area contributed by atoms with Gasteiger partial charge in [-0.05, 0) is 23.2 Å². The number of nitrogens with zero attached hydrogens (tertiary/aromatic N) is 1. The first kappa shape index (κ1) is 14.4. The first-order valence-corrected chi connectivity index (χ1v) is 5.14. The number of hydrogen-bond acceptors (Lipinski definition) is 3. The van der Waals surface area contributed by atoms with E-state index in [4.69, 9.17) is 11.6 Å². The summed E-state index contributed by atoms with van der Waals surface area (Å²) in [5.74, 6) is -2.13. The third kappa shape index (κ3) is 4.33. The maximum Gasteiger partial charge on any atom is 0.471 e. The van der Waals surface area contributed by atoms with Crippen LogP contribution in [0.3, 0.4) is 0 Å². The molecule has 0 radical (unpaired) electrons. The minimum atomic E-state index is -5.02. The van der Waals surface area contributed by atoms with Gasteiger partial charge in [0.05, 0.1) is 6.04 Å². The van der Waals surface area contributed by atoms with Crippen LogP contribution in [0, 0.1) is 0 Å². The second-order valence-corrected chi connectivity index (χ2v) is 3.79. The fourth-order valence-electron chi connectivity index (χ4n) is 1.23. The van der Waals surface area contributed by atoms with E-state index in [0.717, 1.165) is 0 Å². The summed E-state index contributed by atoms with van der Waals surface area (Å²) < 4.78 is 36.4. The summed E-state index contributed by atoms with van der Waals surface area (Å²) in [5, 5.41) is 0.840. The van der Waals surface area contributed by atoms with Crippen LogP contribution < -0.4 is 5.32 Å². The van der Waals surface area contributed by atoms with Gasteiger partial charge >= 0.3 is 12.1 Å². The van der Waals surface area contributed by atoms with Crippen molar-refractivity contribution < 1.29 is 22.8 Å².